The summed E-state index contributed by atoms with van der Waals surface area (Å²) in [5.41, 5.74) is 1.89. The third-order valence-electron chi connectivity index (χ3n) is 5.01. The molecule has 10 nitrogen and oxygen atoms in total. The van der Waals surface area contributed by atoms with Crippen molar-refractivity contribution in [1.29, 1.82) is 0 Å². The van der Waals surface area contributed by atoms with Crippen LogP contribution in [0.1, 0.15) is 6.92 Å². The van der Waals surface area contributed by atoms with Gasteiger partial charge in [0.15, 0.2) is 6.61 Å². The Morgan fingerprint density at radius 1 is 1.07 bits per heavy atom. The summed E-state index contributed by atoms with van der Waals surface area (Å²) < 4.78 is 11.8. The highest BCUT2D eigenvalue weighted by Crippen LogP contribution is 2.32. The van der Waals surface area contributed by atoms with Gasteiger partial charge in [-0.05, 0) is 17.7 Å². The minimum Gasteiger partial charge on any atom is -0.497 e. The zero-order chi connectivity index (χ0) is 21.1. The maximum atomic E-state index is 12.2. The first-order chi connectivity index (χ1) is 14.6. The Morgan fingerprint density at radius 2 is 1.80 bits per heavy atom. The van der Waals surface area contributed by atoms with Gasteiger partial charge in [0.05, 0.1) is 7.11 Å². The molecule has 3 heterocycles. The fourth-order valence-corrected chi connectivity index (χ4v) is 3.47. The average molecular weight is 410 g/mol. The number of fused-ring (bicyclic) bond motifs is 1. The second-order valence-electron chi connectivity index (χ2n) is 6.84. The van der Waals surface area contributed by atoms with Gasteiger partial charge in [-0.1, -0.05) is 12.1 Å². The summed E-state index contributed by atoms with van der Waals surface area (Å²) in [6.07, 6.45) is 3.27. The summed E-state index contributed by atoms with van der Waals surface area (Å²) in [7, 11) is 1.63. The van der Waals surface area contributed by atoms with Gasteiger partial charge in [-0.2, -0.15) is 14.6 Å². The maximum Gasteiger partial charge on any atom is 0.303 e. The van der Waals surface area contributed by atoms with Crippen molar-refractivity contribution in [2.24, 2.45) is 0 Å². The van der Waals surface area contributed by atoms with Crippen molar-refractivity contribution in [1.82, 2.24) is 24.5 Å². The molecule has 0 radical (unpaired) electrons. The van der Waals surface area contributed by atoms with Crippen molar-refractivity contribution >= 4 is 23.5 Å². The number of anilines is 1. The van der Waals surface area contributed by atoms with E-state index in [4.69, 9.17) is 9.47 Å². The van der Waals surface area contributed by atoms with Crippen molar-refractivity contribution in [2.75, 3.05) is 44.8 Å². The third-order valence-corrected chi connectivity index (χ3v) is 5.01. The number of carbonyl (C=O) groups is 2. The van der Waals surface area contributed by atoms with E-state index in [2.05, 4.69) is 20.0 Å². The van der Waals surface area contributed by atoms with Gasteiger partial charge in [-0.15, -0.1) is 0 Å². The number of amides is 1. The normalized spacial score (nSPS) is 14.1. The lowest BCUT2D eigenvalue weighted by atomic mass is 10.1. The second-order valence-corrected chi connectivity index (χ2v) is 6.84. The summed E-state index contributed by atoms with van der Waals surface area (Å²) in [4.78, 5) is 35.7. The molecule has 0 atom stereocenters. The predicted molar refractivity (Wildman–Crippen MR) is 108 cm³/mol. The Balaban J connectivity index is 1.60. The molecule has 0 N–H and O–H groups in total. The van der Waals surface area contributed by atoms with Crippen molar-refractivity contribution < 1.29 is 19.1 Å². The van der Waals surface area contributed by atoms with Gasteiger partial charge in [0.25, 0.3) is 11.7 Å². The Labute approximate surface area is 173 Å². The van der Waals surface area contributed by atoms with Crippen LogP contribution in [0.3, 0.4) is 0 Å². The van der Waals surface area contributed by atoms with Crippen LogP contribution in [0.4, 0.5) is 5.82 Å². The molecule has 1 fully saturated rings. The fraction of sp³-hybridized carbons (Fsp3) is 0.350. The first-order valence-corrected chi connectivity index (χ1v) is 9.56. The minimum atomic E-state index is -0.462. The third kappa shape index (κ3) is 3.88. The molecule has 1 aromatic carbocycles. The molecule has 1 aliphatic rings. The Morgan fingerprint density at radius 3 is 2.47 bits per heavy atom. The molecule has 0 aliphatic carbocycles. The molecule has 0 saturated carbocycles. The second kappa shape index (κ2) is 8.36. The number of rotatable bonds is 5. The number of carbonyl (C=O) groups excluding carboxylic acids is 2. The van der Waals surface area contributed by atoms with Crippen LogP contribution in [0.2, 0.25) is 0 Å². The highest BCUT2D eigenvalue weighted by atomic mass is 16.5. The predicted octanol–water partition coefficient (Wildman–Crippen LogP) is 1.01. The van der Waals surface area contributed by atoms with Crippen LogP contribution in [0.5, 0.6) is 5.75 Å². The van der Waals surface area contributed by atoms with Gasteiger partial charge >= 0.3 is 5.97 Å². The standard InChI is InChI=1S/C20H22N6O4/c1-14(27)30-12-18(28)24-7-9-25(10-8-24)19-17(11-21-20-22-13-23-26(19)20)15-3-5-16(29-2)6-4-15/h3-6,11,13H,7-10,12H2,1-2H3. The van der Waals surface area contributed by atoms with E-state index in [0.717, 1.165) is 22.7 Å². The van der Waals surface area contributed by atoms with Gasteiger partial charge in [-0.25, -0.2) is 4.98 Å². The first-order valence-electron chi connectivity index (χ1n) is 9.56. The number of hydrogen-bond donors (Lipinski definition) is 0. The topological polar surface area (TPSA) is 102 Å². The molecular formula is C20H22N6O4. The van der Waals surface area contributed by atoms with E-state index in [-0.39, 0.29) is 12.5 Å². The molecule has 0 unspecified atom stereocenters. The van der Waals surface area contributed by atoms with E-state index in [1.165, 1.54) is 13.3 Å². The van der Waals surface area contributed by atoms with Crippen LogP contribution in [-0.4, -0.2) is 76.3 Å². The molecule has 4 rings (SSSR count). The van der Waals surface area contributed by atoms with E-state index >= 15 is 0 Å². The Kier molecular flexibility index (Phi) is 5.46. The van der Waals surface area contributed by atoms with Gasteiger partial charge in [0.1, 0.15) is 17.9 Å². The van der Waals surface area contributed by atoms with Crippen LogP contribution in [0.25, 0.3) is 16.9 Å². The number of benzene rings is 1. The largest absolute Gasteiger partial charge is 0.497 e. The van der Waals surface area contributed by atoms with E-state index in [1.54, 1.807) is 22.7 Å². The zero-order valence-electron chi connectivity index (χ0n) is 16.8. The fourth-order valence-electron chi connectivity index (χ4n) is 3.47. The smallest absolute Gasteiger partial charge is 0.303 e. The van der Waals surface area contributed by atoms with Crippen molar-refractivity contribution in [3.63, 3.8) is 0 Å². The average Bonchev–Trinajstić information content (AvgIpc) is 3.26. The quantitative estimate of drug-likeness (QED) is 0.575. The van der Waals surface area contributed by atoms with Crippen LogP contribution in [0.15, 0.2) is 36.8 Å². The van der Waals surface area contributed by atoms with E-state index in [9.17, 15) is 9.59 Å². The molecule has 1 amide bonds. The highest BCUT2D eigenvalue weighted by molar-refractivity contribution is 5.81. The lowest BCUT2D eigenvalue weighted by Crippen LogP contribution is -2.50. The van der Waals surface area contributed by atoms with Crippen molar-refractivity contribution in [3.8, 4) is 16.9 Å². The summed E-state index contributed by atoms with van der Waals surface area (Å²) in [6.45, 7) is 3.30. The van der Waals surface area contributed by atoms with E-state index in [1.807, 2.05) is 24.3 Å². The molecule has 3 aromatic rings. The molecule has 10 heteroatoms. The lowest BCUT2D eigenvalue weighted by molar-refractivity contribution is -0.150. The van der Waals surface area contributed by atoms with Crippen LogP contribution in [-0.2, 0) is 14.3 Å². The van der Waals surface area contributed by atoms with Gasteiger partial charge in [0, 0.05) is 44.9 Å². The zero-order valence-corrected chi connectivity index (χ0v) is 16.8. The molecular weight excluding hydrogens is 388 g/mol. The van der Waals surface area contributed by atoms with E-state index < -0.39 is 5.97 Å². The SMILES string of the molecule is COc1ccc(-c2cnc3ncnn3c2N2CCN(C(=O)COC(C)=O)CC2)cc1. The Bertz CT molecular complexity index is 1060. The summed E-state index contributed by atoms with van der Waals surface area (Å²) in [5.74, 6) is 1.50. The van der Waals surface area contributed by atoms with Crippen LogP contribution in [0, 0.1) is 0 Å². The van der Waals surface area contributed by atoms with Gasteiger partial charge < -0.3 is 19.3 Å². The molecule has 1 aliphatic heterocycles. The summed E-state index contributed by atoms with van der Waals surface area (Å²) >= 11 is 0. The number of aromatic nitrogens is 4. The molecule has 1 saturated heterocycles. The lowest BCUT2D eigenvalue weighted by Gasteiger charge is -2.36. The van der Waals surface area contributed by atoms with Crippen LogP contribution < -0.4 is 9.64 Å². The van der Waals surface area contributed by atoms with Gasteiger partial charge in [0.2, 0.25) is 0 Å². The number of methoxy groups -OCH3 is 1. The number of hydrogen-bond acceptors (Lipinski definition) is 8. The number of ether oxygens (including phenoxy) is 2. The molecule has 156 valence electrons. The number of esters is 1. The molecule has 30 heavy (non-hydrogen) atoms. The Hall–Kier alpha value is -3.69. The van der Waals surface area contributed by atoms with Crippen molar-refractivity contribution in [3.05, 3.63) is 36.8 Å². The minimum absolute atomic E-state index is 0.194. The van der Waals surface area contributed by atoms with Crippen LogP contribution >= 0.6 is 0 Å². The molecule has 0 spiro atoms. The summed E-state index contributed by atoms with van der Waals surface area (Å²) in [6, 6.07) is 7.74. The van der Waals surface area contributed by atoms with E-state index in [0.29, 0.717) is 32.0 Å². The number of nitrogens with zero attached hydrogens (tertiary/aromatic N) is 6. The first kappa shape index (κ1) is 19.6. The van der Waals surface area contributed by atoms with Crippen molar-refractivity contribution in [2.45, 2.75) is 6.92 Å². The molecule has 2 aromatic heterocycles. The monoisotopic (exact) mass is 410 g/mol. The van der Waals surface area contributed by atoms with Gasteiger partial charge in [-0.3, -0.25) is 9.59 Å². The number of piperazine rings is 1. The maximum absolute atomic E-state index is 12.2. The molecule has 0 bridgehead atoms. The summed E-state index contributed by atoms with van der Waals surface area (Å²) in [5, 5.41) is 4.36. The highest BCUT2D eigenvalue weighted by Gasteiger charge is 2.26.